The van der Waals surface area contributed by atoms with E-state index in [1.54, 1.807) is 23.0 Å². The van der Waals surface area contributed by atoms with Gasteiger partial charge in [-0.3, -0.25) is 14.8 Å². The smallest absolute Gasteiger partial charge is 0.275 e. The van der Waals surface area contributed by atoms with E-state index < -0.39 is 0 Å². The van der Waals surface area contributed by atoms with E-state index in [0.29, 0.717) is 15.8 Å². The van der Waals surface area contributed by atoms with E-state index in [-0.39, 0.29) is 11.9 Å². The first-order valence-electron chi connectivity index (χ1n) is 6.45. The first-order chi connectivity index (χ1) is 10.0. The summed E-state index contributed by atoms with van der Waals surface area (Å²) in [5.41, 5.74) is 1.33. The summed E-state index contributed by atoms with van der Waals surface area (Å²) < 4.78 is 2.62. The Bertz CT molecular complexity index is 808. The average Bonchev–Trinajstić information content (AvgIpc) is 3.03. The molecule has 0 fully saturated rings. The zero-order valence-corrected chi connectivity index (χ0v) is 13.1. The molecule has 5 nitrogen and oxygen atoms in total. The van der Waals surface area contributed by atoms with Gasteiger partial charge in [-0.25, -0.2) is 4.98 Å². The third-order valence-electron chi connectivity index (χ3n) is 2.96. The molecule has 0 bridgehead atoms. The van der Waals surface area contributed by atoms with Gasteiger partial charge < -0.3 is 0 Å². The Hall–Kier alpha value is -1.92. The van der Waals surface area contributed by atoms with E-state index in [1.807, 2.05) is 26.0 Å². The Kier molecular flexibility index (Phi) is 3.65. The molecular weight excluding hydrogens is 308 g/mol. The van der Waals surface area contributed by atoms with Crippen molar-refractivity contribution < 1.29 is 4.79 Å². The van der Waals surface area contributed by atoms with Gasteiger partial charge >= 0.3 is 0 Å². The topological polar surface area (TPSA) is 59.8 Å². The first kappa shape index (κ1) is 14.0. The highest BCUT2D eigenvalue weighted by Crippen LogP contribution is 2.28. The summed E-state index contributed by atoms with van der Waals surface area (Å²) in [6.07, 6.45) is 1.62. The van der Waals surface area contributed by atoms with Gasteiger partial charge in [-0.05, 0) is 38.1 Å². The van der Waals surface area contributed by atoms with Crippen LogP contribution in [0.15, 0.2) is 30.5 Å². The molecule has 2 heterocycles. The number of amides is 1. The van der Waals surface area contributed by atoms with Crippen molar-refractivity contribution in [2.45, 2.75) is 19.9 Å². The summed E-state index contributed by atoms with van der Waals surface area (Å²) >= 11 is 7.34. The number of hydrogen-bond acceptors (Lipinski definition) is 4. The van der Waals surface area contributed by atoms with Crippen molar-refractivity contribution in [1.82, 2.24) is 14.8 Å². The van der Waals surface area contributed by atoms with Gasteiger partial charge in [-0.15, -0.1) is 0 Å². The summed E-state index contributed by atoms with van der Waals surface area (Å²) in [4.78, 5) is 16.7. The van der Waals surface area contributed by atoms with E-state index in [9.17, 15) is 4.79 Å². The fourth-order valence-corrected chi connectivity index (χ4v) is 3.16. The second-order valence-corrected chi connectivity index (χ2v) is 6.31. The van der Waals surface area contributed by atoms with Crippen molar-refractivity contribution in [1.29, 1.82) is 0 Å². The maximum Gasteiger partial charge on any atom is 0.275 e. The second kappa shape index (κ2) is 5.46. The van der Waals surface area contributed by atoms with Crippen LogP contribution in [0.4, 0.5) is 5.13 Å². The molecule has 0 atom stereocenters. The zero-order chi connectivity index (χ0) is 15.0. The zero-order valence-electron chi connectivity index (χ0n) is 11.5. The molecule has 0 aliphatic carbocycles. The molecule has 0 saturated heterocycles. The van der Waals surface area contributed by atoms with Crippen LogP contribution in [0.3, 0.4) is 0 Å². The number of nitrogens with zero attached hydrogens (tertiary/aromatic N) is 3. The average molecular weight is 321 g/mol. The highest BCUT2D eigenvalue weighted by atomic mass is 35.5. The number of carbonyl (C=O) groups is 1. The molecule has 1 aromatic carbocycles. The van der Waals surface area contributed by atoms with Crippen molar-refractivity contribution >= 4 is 44.2 Å². The summed E-state index contributed by atoms with van der Waals surface area (Å²) in [6.45, 7) is 3.95. The molecule has 7 heteroatoms. The van der Waals surface area contributed by atoms with Gasteiger partial charge in [-0.2, -0.15) is 5.10 Å². The molecule has 2 aromatic heterocycles. The number of hydrogen-bond donors (Lipinski definition) is 1. The monoisotopic (exact) mass is 320 g/mol. The van der Waals surface area contributed by atoms with Crippen LogP contribution >= 0.6 is 22.9 Å². The van der Waals surface area contributed by atoms with Gasteiger partial charge in [0.25, 0.3) is 5.91 Å². The Morgan fingerprint density at radius 2 is 2.19 bits per heavy atom. The number of anilines is 1. The number of nitrogens with one attached hydrogen (secondary N) is 1. The van der Waals surface area contributed by atoms with E-state index in [4.69, 9.17) is 11.6 Å². The molecule has 0 spiro atoms. The SMILES string of the molecule is CC(C)n1nccc1C(=O)Nc1nc2ccc(Cl)cc2s1. The number of benzene rings is 1. The van der Waals surface area contributed by atoms with Gasteiger partial charge in [0.15, 0.2) is 5.13 Å². The molecule has 0 radical (unpaired) electrons. The molecule has 0 saturated carbocycles. The van der Waals surface area contributed by atoms with Crippen LogP contribution in [0, 0.1) is 0 Å². The number of thiazole rings is 1. The van der Waals surface area contributed by atoms with E-state index >= 15 is 0 Å². The number of carbonyl (C=O) groups excluding carboxylic acids is 1. The molecule has 0 unspecified atom stereocenters. The predicted octanol–water partition coefficient (Wildman–Crippen LogP) is 3.98. The molecule has 108 valence electrons. The van der Waals surface area contributed by atoms with E-state index in [1.165, 1.54) is 11.3 Å². The molecular formula is C14H13ClN4OS. The van der Waals surface area contributed by atoms with Gasteiger partial charge in [0, 0.05) is 17.3 Å². The van der Waals surface area contributed by atoms with Crippen LogP contribution in [0.25, 0.3) is 10.2 Å². The maximum atomic E-state index is 12.3. The lowest BCUT2D eigenvalue weighted by molar-refractivity contribution is 0.101. The van der Waals surface area contributed by atoms with Crippen LogP contribution < -0.4 is 5.32 Å². The van der Waals surface area contributed by atoms with Crippen molar-refractivity contribution in [3.8, 4) is 0 Å². The molecule has 21 heavy (non-hydrogen) atoms. The molecule has 0 aliphatic rings. The summed E-state index contributed by atoms with van der Waals surface area (Å²) in [6, 6.07) is 7.27. The largest absolute Gasteiger partial charge is 0.296 e. The van der Waals surface area contributed by atoms with Crippen LogP contribution in [0.2, 0.25) is 5.02 Å². The van der Waals surface area contributed by atoms with Crippen molar-refractivity contribution in [3.05, 3.63) is 41.2 Å². The van der Waals surface area contributed by atoms with E-state index in [0.717, 1.165) is 10.2 Å². The van der Waals surface area contributed by atoms with Crippen molar-refractivity contribution in [2.75, 3.05) is 5.32 Å². The van der Waals surface area contributed by atoms with Gasteiger partial charge in [0.1, 0.15) is 5.69 Å². The van der Waals surface area contributed by atoms with Gasteiger partial charge in [-0.1, -0.05) is 22.9 Å². The number of aromatic nitrogens is 3. The fraction of sp³-hybridized carbons (Fsp3) is 0.214. The molecule has 1 amide bonds. The number of rotatable bonds is 3. The number of fused-ring (bicyclic) bond motifs is 1. The lowest BCUT2D eigenvalue weighted by atomic mass is 10.3. The Morgan fingerprint density at radius 1 is 1.38 bits per heavy atom. The lowest BCUT2D eigenvalue weighted by Gasteiger charge is -2.09. The minimum atomic E-state index is -0.216. The maximum absolute atomic E-state index is 12.3. The third kappa shape index (κ3) is 2.77. The highest BCUT2D eigenvalue weighted by molar-refractivity contribution is 7.22. The highest BCUT2D eigenvalue weighted by Gasteiger charge is 2.15. The quantitative estimate of drug-likeness (QED) is 0.794. The summed E-state index contributed by atoms with van der Waals surface area (Å²) in [7, 11) is 0. The standard InChI is InChI=1S/C14H13ClN4OS/c1-8(2)19-11(5-6-16-19)13(20)18-14-17-10-4-3-9(15)7-12(10)21-14/h3-8H,1-2H3,(H,17,18,20). The summed E-state index contributed by atoms with van der Waals surface area (Å²) in [5, 5.41) is 8.17. The van der Waals surface area contributed by atoms with Gasteiger partial charge in [0.2, 0.25) is 0 Å². The summed E-state index contributed by atoms with van der Waals surface area (Å²) in [5.74, 6) is -0.216. The molecule has 0 aliphatic heterocycles. The Morgan fingerprint density at radius 3 is 2.95 bits per heavy atom. The second-order valence-electron chi connectivity index (χ2n) is 4.84. The van der Waals surface area contributed by atoms with Crippen LogP contribution in [0.5, 0.6) is 0 Å². The number of halogens is 1. The minimum Gasteiger partial charge on any atom is -0.296 e. The van der Waals surface area contributed by atoms with E-state index in [2.05, 4.69) is 15.4 Å². The van der Waals surface area contributed by atoms with Gasteiger partial charge in [0.05, 0.1) is 10.2 Å². The predicted molar refractivity (Wildman–Crippen MR) is 85.2 cm³/mol. The third-order valence-corrected chi connectivity index (χ3v) is 4.13. The normalized spacial score (nSPS) is 11.2. The Balaban J connectivity index is 1.87. The molecule has 3 rings (SSSR count). The van der Waals surface area contributed by atoms with Crippen molar-refractivity contribution in [2.24, 2.45) is 0 Å². The first-order valence-corrected chi connectivity index (χ1v) is 7.65. The molecule has 1 N–H and O–H groups in total. The Labute approximate surface area is 130 Å². The van der Waals surface area contributed by atoms with Crippen LogP contribution in [0.1, 0.15) is 30.4 Å². The van der Waals surface area contributed by atoms with Crippen molar-refractivity contribution in [3.63, 3.8) is 0 Å². The minimum absolute atomic E-state index is 0.120. The van der Waals surface area contributed by atoms with Crippen LogP contribution in [-0.4, -0.2) is 20.7 Å². The molecule has 3 aromatic rings. The lowest BCUT2D eigenvalue weighted by Crippen LogP contribution is -2.18. The van der Waals surface area contributed by atoms with Crippen LogP contribution in [-0.2, 0) is 0 Å². The fourth-order valence-electron chi connectivity index (χ4n) is 2.02.